The summed E-state index contributed by atoms with van der Waals surface area (Å²) in [7, 11) is -3.71. The van der Waals surface area contributed by atoms with Gasteiger partial charge in [-0.25, -0.2) is 8.42 Å². The number of ether oxygens (including phenoxy) is 1. The summed E-state index contributed by atoms with van der Waals surface area (Å²) >= 11 is 3.31. The van der Waals surface area contributed by atoms with E-state index in [1.807, 2.05) is 0 Å². The van der Waals surface area contributed by atoms with E-state index in [0.717, 1.165) is 23.4 Å². The fraction of sp³-hybridized carbons (Fsp3) is 0.333. The van der Waals surface area contributed by atoms with Crippen LogP contribution >= 0.6 is 15.9 Å². The van der Waals surface area contributed by atoms with E-state index in [2.05, 4.69) is 26.6 Å². The third-order valence-corrected chi connectivity index (χ3v) is 6.38. The van der Waals surface area contributed by atoms with Crippen LogP contribution in [0.25, 0.3) is 0 Å². The van der Waals surface area contributed by atoms with E-state index in [1.165, 1.54) is 0 Å². The molecule has 1 atom stereocenters. The molecule has 2 N–H and O–H groups in total. The van der Waals surface area contributed by atoms with Crippen molar-refractivity contribution in [3.8, 4) is 0 Å². The first-order valence-electron chi connectivity index (χ1n) is 9.76. The number of carbonyl (C=O) groups excluding carboxylic acids is 2. The van der Waals surface area contributed by atoms with Crippen LogP contribution in [0.1, 0.15) is 23.2 Å². The van der Waals surface area contributed by atoms with Crippen LogP contribution in [-0.2, 0) is 19.6 Å². The zero-order chi connectivity index (χ0) is 22.4. The smallest absolute Gasteiger partial charge is 0.253 e. The highest BCUT2D eigenvalue weighted by Gasteiger charge is 2.23. The van der Waals surface area contributed by atoms with Gasteiger partial charge < -0.3 is 15.4 Å². The van der Waals surface area contributed by atoms with E-state index in [9.17, 15) is 18.0 Å². The summed E-state index contributed by atoms with van der Waals surface area (Å²) in [6.07, 6.45) is 2.91. The van der Waals surface area contributed by atoms with Crippen molar-refractivity contribution in [3.63, 3.8) is 0 Å². The lowest BCUT2D eigenvalue weighted by molar-refractivity contribution is -0.114. The number of anilines is 2. The van der Waals surface area contributed by atoms with Crippen molar-refractivity contribution < 1.29 is 22.7 Å². The summed E-state index contributed by atoms with van der Waals surface area (Å²) in [6, 6.07) is 13.2. The number of nitrogens with zero attached hydrogens (tertiary/aromatic N) is 1. The van der Waals surface area contributed by atoms with Crippen LogP contribution < -0.4 is 14.9 Å². The van der Waals surface area contributed by atoms with Gasteiger partial charge in [0.2, 0.25) is 15.9 Å². The number of para-hydroxylation sites is 1. The highest BCUT2D eigenvalue weighted by Crippen LogP contribution is 2.22. The molecule has 166 valence electrons. The van der Waals surface area contributed by atoms with Crippen LogP contribution in [0.15, 0.2) is 53.0 Å². The highest BCUT2D eigenvalue weighted by atomic mass is 79.9. The number of hydrogen-bond donors (Lipinski definition) is 2. The van der Waals surface area contributed by atoms with Gasteiger partial charge in [0.05, 0.1) is 29.3 Å². The van der Waals surface area contributed by atoms with Crippen LogP contribution in [0.2, 0.25) is 0 Å². The Morgan fingerprint density at radius 2 is 1.97 bits per heavy atom. The van der Waals surface area contributed by atoms with Gasteiger partial charge in [-0.3, -0.25) is 13.9 Å². The summed E-state index contributed by atoms with van der Waals surface area (Å²) in [5.41, 5.74) is 0.955. The number of sulfonamides is 1. The summed E-state index contributed by atoms with van der Waals surface area (Å²) in [5.74, 6) is -0.900. The van der Waals surface area contributed by atoms with Crippen molar-refractivity contribution in [1.82, 2.24) is 5.32 Å². The summed E-state index contributed by atoms with van der Waals surface area (Å²) in [5, 5.41) is 5.48. The van der Waals surface area contributed by atoms with Gasteiger partial charge in [0.15, 0.2) is 0 Å². The number of halogens is 1. The molecule has 1 fully saturated rings. The molecule has 10 heteroatoms. The first-order chi connectivity index (χ1) is 14.7. The average Bonchev–Trinajstić information content (AvgIpc) is 3.23. The Labute approximate surface area is 190 Å². The Balaban J connectivity index is 1.71. The third kappa shape index (κ3) is 6.52. The molecule has 2 aromatic rings. The molecule has 1 heterocycles. The monoisotopic (exact) mass is 509 g/mol. The Morgan fingerprint density at radius 1 is 1.19 bits per heavy atom. The number of benzene rings is 2. The van der Waals surface area contributed by atoms with Crippen LogP contribution in [-0.4, -0.2) is 52.3 Å². The molecular formula is C21H24BrN3O5S. The molecule has 2 amide bonds. The first kappa shape index (κ1) is 23.2. The molecule has 0 radical (unpaired) electrons. The molecule has 1 aliphatic heterocycles. The second-order valence-electron chi connectivity index (χ2n) is 7.19. The quantitative estimate of drug-likeness (QED) is 0.569. The molecular weight excluding hydrogens is 486 g/mol. The molecule has 2 aromatic carbocycles. The molecule has 3 rings (SSSR count). The minimum absolute atomic E-state index is 0.000723. The standard InChI is InChI=1S/C21H24BrN3O5S/c1-31(28,29)25(16-7-4-6-15(22)12-16)14-20(26)24-19-10-3-2-9-18(19)21(27)23-13-17-8-5-11-30-17/h2-4,6-7,9-10,12,17H,5,8,11,13-14H2,1H3,(H,23,27)(H,24,26)/t17-/m0/s1. The van der Waals surface area contributed by atoms with Crippen LogP contribution in [0.4, 0.5) is 11.4 Å². The summed E-state index contributed by atoms with van der Waals surface area (Å²) in [6.45, 7) is 0.662. The Hall–Kier alpha value is -2.43. The van der Waals surface area contributed by atoms with Crippen molar-refractivity contribution in [3.05, 3.63) is 58.6 Å². The van der Waals surface area contributed by atoms with E-state index in [0.29, 0.717) is 34.6 Å². The largest absolute Gasteiger partial charge is 0.376 e. The molecule has 31 heavy (non-hydrogen) atoms. The normalized spacial score (nSPS) is 16.0. The van der Waals surface area contributed by atoms with Gasteiger partial charge in [0, 0.05) is 17.6 Å². The van der Waals surface area contributed by atoms with Gasteiger partial charge in [-0.2, -0.15) is 0 Å². The molecule has 0 aromatic heterocycles. The number of hydrogen-bond acceptors (Lipinski definition) is 5. The SMILES string of the molecule is CS(=O)(=O)N(CC(=O)Nc1ccccc1C(=O)NC[C@@H]1CCCO1)c1cccc(Br)c1. The minimum atomic E-state index is -3.71. The number of nitrogens with one attached hydrogen (secondary N) is 2. The molecule has 0 saturated carbocycles. The molecule has 8 nitrogen and oxygen atoms in total. The average molecular weight is 510 g/mol. The maximum atomic E-state index is 12.7. The topological polar surface area (TPSA) is 105 Å². The zero-order valence-corrected chi connectivity index (χ0v) is 19.4. The second kappa shape index (κ2) is 10.3. The Bertz CT molecular complexity index is 1050. The fourth-order valence-corrected chi connectivity index (χ4v) is 4.48. The molecule has 0 spiro atoms. The van der Waals surface area contributed by atoms with Gasteiger partial charge in [-0.15, -0.1) is 0 Å². The van der Waals surface area contributed by atoms with Gasteiger partial charge >= 0.3 is 0 Å². The van der Waals surface area contributed by atoms with E-state index in [1.54, 1.807) is 48.5 Å². The van der Waals surface area contributed by atoms with Crippen molar-refractivity contribution in [2.75, 3.05) is 35.6 Å². The van der Waals surface area contributed by atoms with E-state index >= 15 is 0 Å². The Morgan fingerprint density at radius 3 is 2.65 bits per heavy atom. The van der Waals surface area contributed by atoms with E-state index in [4.69, 9.17) is 4.74 Å². The number of rotatable bonds is 8. The van der Waals surface area contributed by atoms with Gasteiger partial charge in [-0.05, 0) is 43.2 Å². The second-order valence-corrected chi connectivity index (χ2v) is 10.0. The van der Waals surface area contributed by atoms with Crippen LogP contribution in [0, 0.1) is 0 Å². The predicted octanol–water partition coefficient (Wildman–Crippen LogP) is 2.76. The van der Waals surface area contributed by atoms with E-state index < -0.39 is 22.5 Å². The number of carbonyl (C=O) groups is 2. The minimum Gasteiger partial charge on any atom is -0.376 e. The lowest BCUT2D eigenvalue weighted by Crippen LogP contribution is -2.38. The molecule has 1 saturated heterocycles. The van der Waals surface area contributed by atoms with Crippen molar-refractivity contribution in [1.29, 1.82) is 0 Å². The van der Waals surface area contributed by atoms with E-state index in [-0.39, 0.29) is 12.0 Å². The predicted molar refractivity (Wildman–Crippen MR) is 123 cm³/mol. The maximum Gasteiger partial charge on any atom is 0.253 e. The summed E-state index contributed by atoms with van der Waals surface area (Å²) < 4.78 is 31.7. The first-order valence-corrected chi connectivity index (χ1v) is 12.4. The van der Waals surface area contributed by atoms with Crippen LogP contribution in [0.5, 0.6) is 0 Å². The van der Waals surface area contributed by atoms with Crippen molar-refractivity contribution in [2.45, 2.75) is 18.9 Å². The van der Waals surface area contributed by atoms with Crippen LogP contribution in [0.3, 0.4) is 0 Å². The maximum absolute atomic E-state index is 12.7. The molecule has 1 aliphatic rings. The zero-order valence-electron chi connectivity index (χ0n) is 17.0. The molecule has 0 aliphatic carbocycles. The van der Waals surface area contributed by atoms with Crippen molar-refractivity contribution >= 4 is 49.1 Å². The highest BCUT2D eigenvalue weighted by molar-refractivity contribution is 9.10. The lowest BCUT2D eigenvalue weighted by atomic mass is 10.1. The van der Waals surface area contributed by atoms with Crippen molar-refractivity contribution in [2.24, 2.45) is 0 Å². The van der Waals surface area contributed by atoms with Gasteiger partial charge in [0.1, 0.15) is 6.54 Å². The number of amides is 2. The Kier molecular flexibility index (Phi) is 7.69. The fourth-order valence-electron chi connectivity index (χ4n) is 3.25. The lowest BCUT2D eigenvalue weighted by Gasteiger charge is -2.22. The summed E-state index contributed by atoms with van der Waals surface area (Å²) in [4.78, 5) is 25.3. The van der Waals surface area contributed by atoms with Gasteiger partial charge in [0.25, 0.3) is 5.91 Å². The van der Waals surface area contributed by atoms with Gasteiger partial charge in [-0.1, -0.05) is 34.1 Å². The molecule has 0 unspecified atom stereocenters. The third-order valence-electron chi connectivity index (χ3n) is 4.74. The molecule has 0 bridgehead atoms.